The van der Waals surface area contributed by atoms with E-state index in [9.17, 15) is 9.90 Å². The van der Waals surface area contributed by atoms with E-state index in [2.05, 4.69) is 6.58 Å². The molecule has 1 heterocycles. The number of carbonyl (C=O) groups is 1. The molecule has 0 aromatic heterocycles. The van der Waals surface area contributed by atoms with E-state index in [0.717, 1.165) is 31.4 Å². The van der Waals surface area contributed by atoms with Crippen LogP contribution in [-0.2, 0) is 0 Å². The number of benzene rings is 1. The van der Waals surface area contributed by atoms with E-state index in [1.165, 1.54) is 0 Å². The van der Waals surface area contributed by atoms with Gasteiger partial charge in [0.1, 0.15) is 12.4 Å². The first-order valence-electron chi connectivity index (χ1n) is 7.91. The minimum Gasteiger partial charge on any atom is -0.489 e. The number of nitrogens with zero attached hydrogens (tertiary/aromatic N) is 1. The standard InChI is InChI=1S/C18H25NO3/c1-14(2)13-22-17-8-5-6-15(12-17)18(21)19-10-4-3-7-16(19)9-11-20/h5-6,8,12,16,20H,1,3-4,7,9-11,13H2,2H3. The Kier molecular flexibility index (Phi) is 6.01. The number of rotatable bonds is 6. The molecule has 1 saturated heterocycles. The summed E-state index contributed by atoms with van der Waals surface area (Å²) in [5, 5.41) is 9.19. The average Bonchev–Trinajstić information content (AvgIpc) is 2.53. The fraction of sp³-hybridized carbons (Fsp3) is 0.500. The third-order valence-corrected chi connectivity index (χ3v) is 3.92. The van der Waals surface area contributed by atoms with Crippen LogP contribution in [0.4, 0.5) is 0 Å². The molecule has 4 heteroatoms. The van der Waals surface area contributed by atoms with Crippen molar-refractivity contribution in [3.63, 3.8) is 0 Å². The summed E-state index contributed by atoms with van der Waals surface area (Å²) in [6, 6.07) is 7.44. The van der Waals surface area contributed by atoms with Gasteiger partial charge in [0, 0.05) is 24.8 Å². The van der Waals surface area contributed by atoms with Crippen molar-refractivity contribution in [2.75, 3.05) is 19.8 Å². The molecule has 22 heavy (non-hydrogen) atoms. The van der Waals surface area contributed by atoms with Crippen LogP contribution in [0.3, 0.4) is 0 Å². The van der Waals surface area contributed by atoms with E-state index in [0.29, 0.717) is 24.3 Å². The van der Waals surface area contributed by atoms with Gasteiger partial charge in [-0.05, 0) is 56.4 Å². The van der Waals surface area contributed by atoms with Crippen molar-refractivity contribution >= 4 is 5.91 Å². The molecule has 120 valence electrons. The number of carbonyl (C=O) groups excluding carboxylic acids is 1. The molecule has 1 aliphatic rings. The number of aliphatic hydroxyl groups is 1. The second kappa shape index (κ2) is 7.99. The molecule has 1 amide bonds. The van der Waals surface area contributed by atoms with Crippen molar-refractivity contribution in [3.8, 4) is 5.75 Å². The lowest BCUT2D eigenvalue weighted by atomic mass is 9.98. The minimum absolute atomic E-state index is 0.0268. The maximum atomic E-state index is 12.7. The molecular formula is C18H25NO3. The Balaban J connectivity index is 2.10. The Morgan fingerprint density at radius 3 is 3.00 bits per heavy atom. The van der Waals surface area contributed by atoms with Crippen LogP contribution in [-0.4, -0.2) is 41.7 Å². The normalized spacial score (nSPS) is 18.1. The molecule has 0 spiro atoms. The number of hydrogen-bond donors (Lipinski definition) is 1. The smallest absolute Gasteiger partial charge is 0.254 e. The molecule has 0 radical (unpaired) electrons. The van der Waals surface area contributed by atoms with Gasteiger partial charge in [-0.25, -0.2) is 0 Å². The summed E-state index contributed by atoms with van der Waals surface area (Å²) in [7, 11) is 0. The van der Waals surface area contributed by atoms with Gasteiger partial charge in [-0.1, -0.05) is 12.6 Å². The Hall–Kier alpha value is -1.81. The summed E-state index contributed by atoms with van der Waals surface area (Å²) in [4.78, 5) is 14.6. The molecule has 0 aliphatic carbocycles. The highest BCUT2D eigenvalue weighted by Crippen LogP contribution is 2.23. The van der Waals surface area contributed by atoms with Crippen molar-refractivity contribution in [3.05, 3.63) is 42.0 Å². The molecule has 1 fully saturated rings. The predicted octanol–water partition coefficient (Wildman–Crippen LogP) is 3.02. The molecule has 1 aromatic carbocycles. The maximum Gasteiger partial charge on any atom is 0.254 e. The van der Waals surface area contributed by atoms with Crippen molar-refractivity contribution in [2.45, 2.75) is 38.6 Å². The van der Waals surface area contributed by atoms with Gasteiger partial charge in [0.15, 0.2) is 0 Å². The van der Waals surface area contributed by atoms with Gasteiger partial charge in [0.05, 0.1) is 0 Å². The van der Waals surface area contributed by atoms with Gasteiger partial charge >= 0.3 is 0 Å². The second-order valence-electron chi connectivity index (χ2n) is 5.93. The lowest BCUT2D eigenvalue weighted by Crippen LogP contribution is -2.44. The zero-order chi connectivity index (χ0) is 15.9. The third kappa shape index (κ3) is 4.34. The minimum atomic E-state index is 0.0268. The van der Waals surface area contributed by atoms with Crippen molar-refractivity contribution in [1.29, 1.82) is 0 Å². The zero-order valence-corrected chi connectivity index (χ0v) is 13.3. The first kappa shape index (κ1) is 16.6. The first-order chi connectivity index (χ1) is 10.6. The molecule has 1 unspecified atom stereocenters. The Bertz CT molecular complexity index is 525. The number of likely N-dealkylation sites (tertiary alicyclic amines) is 1. The fourth-order valence-corrected chi connectivity index (χ4v) is 2.81. The van der Waals surface area contributed by atoms with Gasteiger partial charge < -0.3 is 14.7 Å². The Labute approximate surface area is 132 Å². The summed E-state index contributed by atoms with van der Waals surface area (Å²) in [5.41, 5.74) is 1.58. The average molecular weight is 303 g/mol. The summed E-state index contributed by atoms with van der Waals surface area (Å²) in [6.07, 6.45) is 3.77. The molecule has 1 atom stereocenters. The molecule has 4 nitrogen and oxygen atoms in total. The lowest BCUT2D eigenvalue weighted by Gasteiger charge is -2.35. The molecule has 0 saturated carbocycles. The third-order valence-electron chi connectivity index (χ3n) is 3.92. The molecule has 2 rings (SSSR count). The highest BCUT2D eigenvalue weighted by molar-refractivity contribution is 5.94. The van der Waals surface area contributed by atoms with E-state index >= 15 is 0 Å². The van der Waals surface area contributed by atoms with Gasteiger partial charge in [-0.3, -0.25) is 4.79 Å². The largest absolute Gasteiger partial charge is 0.489 e. The van der Waals surface area contributed by atoms with Gasteiger partial charge in [0.2, 0.25) is 0 Å². The van der Waals surface area contributed by atoms with E-state index < -0.39 is 0 Å². The van der Waals surface area contributed by atoms with Crippen LogP contribution in [0.5, 0.6) is 5.75 Å². The van der Waals surface area contributed by atoms with Gasteiger partial charge in [-0.15, -0.1) is 0 Å². The number of aliphatic hydroxyl groups excluding tert-OH is 1. The topological polar surface area (TPSA) is 49.8 Å². The van der Waals surface area contributed by atoms with Crippen LogP contribution in [0, 0.1) is 0 Å². The van der Waals surface area contributed by atoms with Crippen LogP contribution < -0.4 is 4.74 Å². The number of ether oxygens (including phenoxy) is 1. The Morgan fingerprint density at radius 2 is 2.27 bits per heavy atom. The monoisotopic (exact) mass is 303 g/mol. The van der Waals surface area contributed by atoms with Gasteiger partial charge in [-0.2, -0.15) is 0 Å². The predicted molar refractivity (Wildman–Crippen MR) is 87.1 cm³/mol. The number of hydrogen-bond acceptors (Lipinski definition) is 3. The van der Waals surface area contributed by atoms with E-state index in [1.807, 2.05) is 30.0 Å². The maximum absolute atomic E-state index is 12.7. The van der Waals surface area contributed by atoms with Crippen LogP contribution in [0.1, 0.15) is 43.0 Å². The highest BCUT2D eigenvalue weighted by atomic mass is 16.5. The molecule has 0 bridgehead atoms. The van der Waals surface area contributed by atoms with Crippen molar-refractivity contribution in [1.82, 2.24) is 4.90 Å². The lowest BCUT2D eigenvalue weighted by molar-refractivity contribution is 0.0574. The van der Waals surface area contributed by atoms with Crippen LogP contribution in [0.15, 0.2) is 36.4 Å². The van der Waals surface area contributed by atoms with E-state index in [-0.39, 0.29) is 18.6 Å². The molecule has 1 aromatic rings. The number of piperidine rings is 1. The quantitative estimate of drug-likeness (QED) is 0.822. The SMILES string of the molecule is C=C(C)COc1cccc(C(=O)N2CCCCC2CCO)c1. The molecular weight excluding hydrogens is 278 g/mol. The van der Waals surface area contributed by atoms with Crippen LogP contribution in [0.25, 0.3) is 0 Å². The highest BCUT2D eigenvalue weighted by Gasteiger charge is 2.27. The van der Waals surface area contributed by atoms with Crippen LogP contribution in [0.2, 0.25) is 0 Å². The van der Waals surface area contributed by atoms with E-state index in [4.69, 9.17) is 4.74 Å². The fourth-order valence-electron chi connectivity index (χ4n) is 2.81. The zero-order valence-electron chi connectivity index (χ0n) is 13.3. The van der Waals surface area contributed by atoms with Crippen molar-refractivity contribution in [2.24, 2.45) is 0 Å². The van der Waals surface area contributed by atoms with Crippen LogP contribution >= 0.6 is 0 Å². The first-order valence-corrected chi connectivity index (χ1v) is 7.91. The Morgan fingerprint density at radius 1 is 1.45 bits per heavy atom. The van der Waals surface area contributed by atoms with Crippen molar-refractivity contribution < 1.29 is 14.6 Å². The summed E-state index contributed by atoms with van der Waals surface area (Å²) < 4.78 is 5.61. The number of amides is 1. The summed E-state index contributed by atoms with van der Waals surface area (Å²) in [5.74, 6) is 0.712. The van der Waals surface area contributed by atoms with E-state index in [1.54, 1.807) is 6.07 Å². The summed E-state index contributed by atoms with van der Waals surface area (Å²) >= 11 is 0. The van der Waals surface area contributed by atoms with Gasteiger partial charge in [0.25, 0.3) is 5.91 Å². The summed E-state index contributed by atoms with van der Waals surface area (Å²) in [6.45, 7) is 7.05. The molecule has 1 aliphatic heterocycles. The second-order valence-corrected chi connectivity index (χ2v) is 5.93. The molecule has 1 N–H and O–H groups in total.